The van der Waals surface area contributed by atoms with Crippen LogP contribution >= 0.6 is 11.6 Å². The largest absolute Gasteiger partial charge is 0.374 e. The molecule has 1 heterocycles. The topological polar surface area (TPSA) is 68.1 Å². The standard InChI is InChI=1S/C12H9ClFN3O2/c13-9-5-11(12(17(18)19)6-10(9)14)16-7-8-3-1-2-4-15-8/h1-6,16H,7H2. The third-order valence-corrected chi connectivity index (χ3v) is 2.71. The molecule has 0 atom stereocenters. The number of anilines is 1. The molecule has 0 unspecified atom stereocenters. The van der Waals surface area contributed by atoms with Crippen molar-refractivity contribution < 1.29 is 9.31 Å². The summed E-state index contributed by atoms with van der Waals surface area (Å²) >= 11 is 5.62. The number of hydrogen-bond acceptors (Lipinski definition) is 4. The van der Waals surface area contributed by atoms with Gasteiger partial charge in [-0.15, -0.1) is 0 Å². The van der Waals surface area contributed by atoms with Crippen molar-refractivity contribution in [1.29, 1.82) is 0 Å². The van der Waals surface area contributed by atoms with Crippen molar-refractivity contribution >= 4 is 23.0 Å². The van der Waals surface area contributed by atoms with Gasteiger partial charge in [0.2, 0.25) is 0 Å². The van der Waals surface area contributed by atoms with Gasteiger partial charge in [0.25, 0.3) is 5.69 Å². The Kier molecular flexibility index (Phi) is 3.91. The van der Waals surface area contributed by atoms with E-state index in [-0.39, 0.29) is 22.9 Å². The number of nitro groups is 1. The van der Waals surface area contributed by atoms with Crippen LogP contribution in [0.3, 0.4) is 0 Å². The van der Waals surface area contributed by atoms with Gasteiger partial charge < -0.3 is 5.32 Å². The average Bonchev–Trinajstić information content (AvgIpc) is 2.40. The molecule has 0 aliphatic rings. The Morgan fingerprint density at radius 3 is 2.84 bits per heavy atom. The Morgan fingerprint density at radius 1 is 1.42 bits per heavy atom. The molecule has 7 heteroatoms. The smallest absolute Gasteiger partial charge is 0.295 e. The quantitative estimate of drug-likeness (QED) is 0.689. The SMILES string of the molecule is O=[N+]([O-])c1cc(F)c(Cl)cc1NCc1ccccn1. The van der Waals surface area contributed by atoms with Crippen molar-refractivity contribution in [3.8, 4) is 0 Å². The lowest BCUT2D eigenvalue weighted by Crippen LogP contribution is -2.04. The van der Waals surface area contributed by atoms with E-state index in [1.165, 1.54) is 6.07 Å². The van der Waals surface area contributed by atoms with Gasteiger partial charge >= 0.3 is 0 Å². The second-order valence-electron chi connectivity index (χ2n) is 3.72. The maximum atomic E-state index is 13.2. The van der Waals surface area contributed by atoms with Gasteiger partial charge in [-0.05, 0) is 18.2 Å². The number of nitrogens with one attached hydrogen (secondary N) is 1. The summed E-state index contributed by atoms with van der Waals surface area (Å²) in [6.45, 7) is 0.281. The molecule has 0 radical (unpaired) electrons. The Morgan fingerprint density at radius 2 is 2.21 bits per heavy atom. The lowest BCUT2D eigenvalue weighted by molar-refractivity contribution is -0.384. The molecule has 1 N–H and O–H groups in total. The summed E-state index contributed by atoms with van der Waals surface area (Å²) in [5, 5.41) is 13.5. The summed E-state index contributed by atoms with van der Waals surface area (Å²) in [5.74, 6) is -0.822. The number of pyridine rings is 1. The first-order chi connectivity index (χ1) is 9.08. The molecule has 1 aromatic heterocycles. The molecule has 0 aliphatic heterocycles. The second-order valence-corrected chi connectivity index (χ2v) is 4.12. The number of benzene rings is 1. The molecule has 0 aliphatic carbocycles. The zero-order valence-corrected chi connectivity index (χ0v) is 10.4. The van der Waals surface area contributed by atoms with Gasteiger partial charge in [-0.1, -0.05) is 17.7 Å². The van der Waals surface area contributed by atoms with Crippen LogP contribution < -0.4 is 5.32 Å². The Balaban J connectivity index is 2.24. The van der Waals surface area contributed by atoms with Crippen LogP contribution in [0.2, 0.25) is 5.02 Å². The minimum absolute atomic E-state index is 0.155. The highest BCUT2D eigenvalue weighted by atomic mass is 35.5. The molecule has 2 rings (SSSR count). The predicted octanol–water partition coefficient (Wildman–Crippen LogP) is 3.39. The third-order valence-electron chi connectivity index (χ3n) is 2.42. The number of hydrogen-bond donors (Lipinski definition) is 1. The van der Waals surface area contributed by atoms with Crippen molar-refractivity contribution in [2.45, 2.75) is 6.54 Å². The monoisotopic (exact) mass is 281 g/mol. The summed E-state index contributed by atoms with van der Waals surface area (Å²) in [7, 11) is 0. The summed E-state index contributed by atoms with van der Waals surface area (Å²) < 4.78 is 13.2. The zero-order chi connectivity index (χ0) is 13.8. The van der Waals surface area contributed by atoms with Gasteiger partial charge in [0.1, 0.15) is 11.5 Å². The maximum absolute atomic E-state index is 13.2. The highest BCUT2D eigenvalue weighted by Crippen LogP contribution is 2.30. The fraction of sp³-hybridized carbons (Fsp3) is 0.0833. The molecular weight excluding hydrogens is 273 g/mol. The second kappa shape index (κ2) is 5.62. The molecule has 0 saturated carbocycles. The minimum Gasteiger partial charge on any atom is -0.374 e. The van der Waals surface area contributed by atoms with Gasteiger partial charge in [-0.3, -0.25) is 15.1 Å². The van der Waals surface area contributed by atoms with Crippen LogP contribution in [0.5, 0.6) is 0 Å². The summed E-state index contributed by atoms with van der Waals surface area (Å²) in [6.07, 6.45) is 1.61. The molecule has 19 heavy (non-hydrogen) atoms. The van der Waals surface area contributed by atoms with Crippen LogP contribution in [0.15, 0.2) is 36.5 Å². The number of nitrogens with zero attached hydrogens (tertiary/aromatic N) is 2. The molecule has 98 valence electrons. The third kappa shape index (κ3) is 3.17. The number of aromatic nitrogens is 1. The van der Waals surface area contributed by atoms with Crippen LogP contribution in [-0.2, 0) is 6.54 Å². The van der Waals surface area contributed by atoms with Crippen molar-refractivity contribution in [1.82, 2.24) is 4.98 Å². The first kappa shape index (κ1) is 13.2. The summed E-state index contributed by atoms with van der Waals surface area (Å²) in [5.41, 5.74) is 0.497. The molecular formula is C12H9ClFN3O2. The van der Waals surface area contributed by atoms with E-state index in [1.807, 2.05) is 0 Å². The van der Waals surface area contributed by atoms with Crippen LogP contribution in [0, 0.1) is 15.9 Å². The molecule has 2 aromatic rings. The van der Waals surface area contributed by atoms with E-state index >= 15 is 0 Å². The number of rotatable bonds is 4. The van der Waals surface area contributed by atoms with Gasteiger partial charge in [-0.2, -0.15) is 0 Å². The average molecular weight is 282 g/mol. The summed E-state index contributed by atoms with van der Waals surface area (Å²) in [6, 6.07) is 7.32. The maximum Gasteiger partial charge on any atom is 0.295 e. The van der Waals surface area contributed by atoms with E-state index in [9.17, 15) is 14.5 Å². The van der Waals surface area contributed by atoms with E-state index < -0.39 is 10.7 Å². The summed E-state index contributed by atoms with van der Waals surface area (Å²) in [4.78, 5) is 14.2. The predicted molar refractivity (Wildman–Crippen MR) is 69.6 cm³/mol. The number of nitro benzene ring substituents is 1. The Bertz CT molecular complexity index is 607. The van der Waals surface area contributed by atoms with E-state index in [2.05, 4.69) is 10.3 Å². The van der Waals surface area contributed by atoms with E-state index in [4.69, 9.17) is 11.6 Å². The Labute approximate surface area is 113 Å². The van der Waals surface area contributed by atoms with Gasteiger partial charge in [-0.25, -0.2) is 4.39 Å². The van der Waals surface area contributed by atoms with Crippen molar-refractivity contribution in [2.24, 2.45) is 0 Å². The molecule has 0 saturated heterocycles. The molecule has 5 nitrogen and oxygen atoms in total. The molecule has 0 spiro atoms. The molecule has 0 bridgehead atoms. The molecule has 0 fully saturated rings. The van der Waals surface area contributed by atoms with Gasteiger partial charge in [0.15, 0.2) is 0 Å². The first-order valence-electron chi connectivity index (χ1n) is 5.35. The normalized spacial score (nSPS) is 10.2. The highest BCUT2D eigenvalue weighted by Gasteiger charge is 2.17. The molecule has 1 aromatic carbocycles. The first-order valence-corrected chi connectivity index (χ1v) is 5.73. The fourth-order valence-corrected chi connectivity index (χ4v) is 1.68. The lowest BCUT2D eigenvalue weighted by Gasteiger charge is -2.07. The van der Waals surface area contributed by atoms with Crippen LogP contribution in [0.25, 0.3) is 0 Å². The minimum atomic E-state index is -0.822. The van der Waals surface area contributed by atoms with Crippen LogP contribution in [0.1, 0.15) is 5.69 Å². The fourth-order valence-electron chi connectivity index (χ4n) is 1.52. The van der Waals surface area contributed by atoms with Gasteiger partial charge in [0, 0.05) is 6.20 Å². The zero-order valence-electron chi connectivity index (χ0n) is 9.64. The van der Waals surface area contributed by atoms with Crippen molar-refractivity contribution in [3.05, 3.63) is 63.2 Å². The highest BCUT2D eigenvalue weighted by molar-refractivity contribution is 6.31. The Hall–Kier alpha value is -2.21. The lowest BCUT2D eigenvalue weighted by atomic mass is 10.2. The van der Waals surface area contributed by atoms with Crippen LogP contribution in [-0.4, -0.2) is 9.91 Å². The van der Waals surface area contributed by atoms with Crippen molar-refractivity contribution in [3.63, 3.8) is 0 Å². The van der Waals surface area contributed by atoms with Crippen molar-refractivity contribution in [2.75, 3.05) is 5.32 Å². The molecule has 0 amide bonds. The van der Waals surface area contributed by atoms with E-state index in [0.717, 1.165) is 6.07 Å². The van der Waals surface area contributed by atoms with E-state index in [1.54, 1.807) is 24.4 Å². The van der Waals surface area contributed by atoms with E-state index in [0.29, 0.717) is 5.69 Å². The van der Waals surface area contributed by atoms with Crippen LogP contribution in [0.4, 0.5) is 15.8 Å². The number of halogens is 2. The van der Waals surface area contributed by atoms with Gasteiger partial charge in [0.05, 0.1) is 28.3 Å².